The summed E-state index contributed by atoms with van der Waals surface area (Å²) in [4.78, 5) is 4.19. The van der Waals surface area contributed by atoms with E-state index in [9.17, 15) is 0 Å². The highest BCUT2D eigenvalue weighted by Gasteiger charge is 2.13. The van der Waals surface area contributed by atoms with Crippen molar-refractivity contribution >= 4 is 11.5 Å². The van der Waals surface area contributed by atoms with Gasteiger partial charge in [0.25, 0.3) is 0 Å². The molecule has 86 valence electrons. The fourth-order valence-corrected chi connectivity index (χ4v) is 1.68. The van der Waals surface area contributed by atoms with Gasteiger partial charge in [-0.3, -0.25) is 9.67 Å². The quantitative estimate of drug-likeness (QED) is 0.852. The van der Waals surface area contributed by atoms with Crippen LogP contribution in [0.4, 0.5) is 11.5 Å². The topological polar surface area (TPSA) is 66.5 Å². The van der Waals surface area contributed by atoms with Gasteiger partial charge in [0.1, 0.15) is 17.5 Å². The van der Waals surface area contributed by atoms with Gasteiger partial charge in [0.15, 0.2) is 0 Å². The van der Waals surface area contributed by atoms with Crippen LogP contribution in [0.5, 0.6) is 0 Å². The number of hydrogen-bond acceptors (Lipinski definition) is 4. The summed E-state index contributed by atoms with van der Waals surface area (Å²) in [5, 5.41) is 16.5. The molecule has 2 aromatic rings. The zero-order valence-corrected chi connectivity index (χ0v) is 10.0. The van der Waals surface area contributed by atoms with Crippen LogP contribution in [0.25, 0.3) is 0 Å². The molecule has 0 amide bonds. The van der Waals surface area contributed by atoms with Crippen LogP contribution in [0.3, 0.4) is 0 Å². The molecule has 17 heavy (non-hydrogen) atoms. The summed E-state index contributed by atoms with van der Waals surface area (Å²) in [6.07, 6.45) is 1.74. The van der Waals surface area contributed by atoms with E-state index in [1.807, 2.05) is 33.0 Å². The lowest BCUT2D eigenvalue weighted by Gasteiger charge is -2.08. The molecule has 0 aliphatic heterocycles. The lowest BCUT2D eigenvalue weighted by molar-refractivity contribution is 0.764. The van der Waals surface area contributed by atoms with Gasteiger partial charge in [0.05, 0.1) is 17.1 Å². The van der Waals surface area contributed by atoms with Gasteiger partial charge in [-0.05, 0) is 26.0 Å². The molecule has 0 saturated heterocycles. The number of rotatable bonds is 2. The maximum absolute atomic E-state index is 9.10. The molecule has 1 N–H and O–H groups in total. The summed E-state index contributed by atoms with van der Waals surface area (Å²) < 4.78 is 1.67. The third-order valence-corrected chi connectivity index (χ3v) is 2.59. The molecule has 2 aromatic heterocycles. The van der Waals surface area contributed by atoms with Gasteiger partial charge in [-0.1, -0.05) is 0 Å². The molecule has 5 heteroatoms. The highest BCUT2D eigenvalue weighted by molar-refractivity contribution is 5.65. The lowest BCUT2D eigenvalue weighted by atomic mass is 10.2. The molecule has 0 fully saturated rings. The molecule has 5 nitrogen and oxygen atoms in total. The number of nitriles is 1. The molecule has 0 saturated carbocycles. The van der Waals surface area contributed by atoms with E-state index < -0.39 is 0 Å². The minimum atomic E-state index is 0.566. The SMILES string of the molecule is Cc1ncccc1Nc1c(C#N)c(C)nn1C. The van der Waals surface area contributed by atoms with E-state index in [2.05, 4.69) is 21.5 Å². The number of hydrogen-bond donors (Lipinski definition) is 1. The van der Waals surface area contributed by atoms with Gasteiger partial charge in [-0.25, -0.2) is 0 Å². The summed E-state index contributed by atoms with van der Waals surface area (Å²) in [7, 11) is 1.81. The molecule has 0 unspecified atom stereocenters. The number of nitrogens with zero attached hydrogens (tertiary/aromatic N) is 4. The predicted octanol–water partition coefficient (Wildman–Crippen LogP) is 2.05. The van der Waals surface area contributed by atoms with Crippen LogP contribution in [-0.4, -0.2) is 14.8 Å². The molecular formula is C12H13N5. The Labute approximate surface area is 99.7 Å². The maximum atomic E-state index is 9.10. The van der Waals surface area contributed by atoms with Crippen molar-refractivity contribution in [1.82, 2.24) is 14.8 Å². The highest BCUT2D eigenvalue weighted by Crippen LogP contribution is 2.23. The Morgan fingerprint density at radius 2 is 2.12 bits per heavy atom. The minimum absolute atomic E-state index is 0.566. The van der Waals surface area contributed by atoms with Crippen LogP contribution in [0.2, 0.25) is 0 Å². The van der Waals surface area contributed by atoms with E-state index in [0.717, 1.165) is 17.1 Å². The Morgan fingerprint density at radius 3 is 2.76 bits per heavy atom. The van der Waals surface area contributed by atoms with Gasteiger partial charge < -0.3 is 5.32 Å². The molecule has 2 heterocycles. The van der Waals surface area contributed by atoms with E-state index >= 15 is 0 Å². The van der Waals surface area contributed by atoms with Crippen molar-refractivity contribution < 1.29 is 0 Å². The Balaban J connectivity index is 2.44. The van der Waals surface area contributed by atoms with Crippen LogP contribution in [0.15, 0.2) is 18.3 Å². The van der Waals surface area contributed by atoms with Crippen LogP contribution < -0.4 is 5.32 Å². The number of aromatic nitrogens is 3. The van der Waals surface area contributed by atoms with E-state index in [-0.39, 0.29) is 0 Å². The molecule has 2 rings (SSSR count). The molecule has 0 aliphatic rings. The van der Waals surface area contributed by atoms with Crippen LogP contribution in [0, 0.1) is 25.2 Å². The first kappa shape index (κ1) is 11.1. The molecule has 0 radical (unpaired) electrons. The second-order valence-electron chi connectivity index (χ2n) is 3.81. The summed E-state index contributed by atoms with van der Waals surface area (Å²) in [5.74, 6) is 0.695. The van der Waals surface area contributed by atoms with Crippen molar-refractivity contribution in [3.05, 3.63) is 35.3 Å². The second-order valence-corrected chi connectivity index (χ2v) is 3.81. The number of nitrogens with one attached hydrogen (secondary N) is 1. The monoisotopic (exact) mass is 227 g/mol. The number of pyridine rings is 1. The molecule has 0 atom stereocenters. The Hall–Kier alpha value is -2.35. The van der Waals surface area contributed by atoms with Gasteiger partial charge in [0, 0.05) is 13.2 Å². The van der Waals surface area contributed by atoms with E-state index in [0.29, 0.717) is 11.4 Å². The second kappa shape index (κ2) is 4.26. The summed E-state index contributed by atoms with van der Waals surface area (Å²) in [6.45, 7) is 3.73. The highest BCUT2D eigenvalue weighted by atomic mass is 15.3. The third kappa shape index (κ3) is 1.97. The summed E-state index contributed by atoms with van der Waals surface area (Å²) in [5.41, 5.74) is 3.05. The normalized spacial score (nSPS) is 10.0. The van der Waals surface area contributed by atoms with Crippen LogP contribution in [-0.2, 0) is 7.05 Å². The minimum Gasteiger partial charge on any atom is -0.338 e. The van der Waals surface area contributed by atoms with Crippen molar-refractivity contribution in [3.8, 4) is 6.07 Å². The van der Waals surface area contributed by atoms with Crippen LogP contribution in [0.1, 0.15) is 17.0 Å². The summed E-state index contributed by atoms with van der Waals surface area (Å²) >= 11 is 0. The standard InChI is InChI=1S/C12H13N5/c1-8-10(7-13)12(17(3)16-8)15-11-5-4-6-14-9(11)2/h4-6,15H,1-3H3. The van der Waals surface area contributed by atoms with E-state index in [1.165, 1.54) is 0 Å². The van der Waals surface area contributed by atoms with E-state index in [1.54, 1.807) is 10.9 Å². The molecule has 0 bridgehead atoms. The molecule has 0 aromatic carbocycles. The lowest BCUT2D eigenvalue weighted by Crippen LogP contribution is -2.02. The van der Waals surface area contributed by atoms with Gasteiger partial charge in [0.2, 0.25) is 0 Å². The first-order chi connectivity index (χ1) is 8.13. The van der Waals surface area contributed by atoms with Gasteiger partial charge in [-0.2, -0.15) is 10.4 Å². The predicted molar refractivity (Wildman–Crippen MR) is 64.9 cm³/mol. The molecule has 0 spiro atoms. The summed E-state index contributed by atoms with van der Waals surface area (Å²) in [6, 6.07) is 5.93. The number of anilines is 2. The largest absolute Gasteiger partial charge is 0.338 e. The maximum Gasteiger partial charge on any atom is 0.146 e. The first-order valence-electron chi connectivity index (χ1n) is 5.26. The zero-order valence-electron chi connectivity index (χ0n) is 10.0. The van der Waals surface area contributed by atoms with Crippen LogP contribution >= 0.6 is 0 Å². The Morgan fingerprint density at radius 1 is 1.35 bits per heavy atom. The van der Waals surface area contributed by atoms with Crippen molar-refractivity contribution in [1.29, 1.82) is 5.26 Å². The van der Waals surface area contributed by atoms with Crippen molar-refractivity contribution in [2.45, 2.75) is 13.8 Å². The fraction of sp³-hybridized carbons (Fsp3) is 0.250. The fourth-order valence-electron chi connectivity index (χ4n) is 1.68. The average molecular weight is 227 g/mol. The molecular weight excluding hydrogens is 214 g/mol. The van der Waals surface area contributed by atoms with Gasteiger partial charge >= 0.3 is 0 Å². The van der Waals surface area contributed by atoms with E-state index in [4.69, 9.17) is 5.26 Å². The van der Waals surface area contributed by atoms with Crippen molar-refractivity contribution in [2.75, 3.05) is 5.32 Å². The average Bonchev–Trinajstić information content (AvgIpc) is 2.56. The van der Waals surface area contributed by atoms with Crippen molar-refractivity contribution in [2.24, 2.45) is 7.05 Å². The van der Waals surface area contributed by atoms with Gasteiger partial charge in [-0.15, -0.1) is 0 Å². The first-order valence-corrected chi connectivity index (χ1v) is 5.26. The number of aryl methyl sites for hydroxylation is 3. The van der Waals surface area contributed by atoms with Crippen molar-refractivity contribution in [3.63, 3.8) is 0 Å². The Kier molecular flexibility index (Phi) is 2.79. The smallest absolute Gasteiger partial charge is 0.146 e. The third-order valence-electron chi connectivity index (χ3n) is 2.59. The molecule has 0 aliphatic carbocycles. The zero-order chi connectivity index (χ0) is 12.4. The Bertz CT molecular complexity index is 591.